The standard InChI is InChI=1S/C22H15F3N4OS/c23-22(24,25)17-9-14(7-8-27-17)28-21(30)20-18(12-5-6-12)19(29-31-20)16-11-26-10-13-3-1-2-4-15(13)16/h1-4,7-12H,5-6H2,(H,27,28,30). The molecular weight excluding hydrogens is 425 g/mol. The van der Waals surface area contributed by atoms with Gasteiger partial charge in [-0.3, -0.25) is 14.8 Å². The average Bonchev–Trinajstić information content (AvgIpc) is 3.50. The van der Waals surface area contributed by atoms with Crippen LogP contribution in [0.2, 0.25) is 0 Å². The lowest BCUT2D eigenvalue weighted by atomic mass is 9.99. The summed E-state index contributed by atoms with van der Waals surface area (Å²) < 4.78 is 43.4. The number of aromatic nitrogens is 3. The molecular formula is C22H15F3N4OS. The Labute approximate surface area is 179 Å². The van der Waals surface area contributed by atoms with Crippen molar-refractivity contribution in [1.82, 2.24) is 14.3 Å². The smallest absolute Gasteiger partial charge is 0.321 e. The summed E-state index contributed by atoms with van der Waals surface area (Å²) in [5, 5.41) is 4.53. The summed E-state index contributed by atoms with van der Waals surface area (Å²) in [5.74, 6) is -0.269. The molecule has 31 heavy (non-hydrogen) atoms. The highest BCUT2D eigenvalue weighted by Gasteiger charge is 2.35. The van der Waals surface area contributed by atoms with Gasteiger partial charge in [0.15, 0.2) is 0 Å². The van der Waals surface area contributed by atoms with Crippen LogP contribution in [0.1, 0.15) is 39.7 Å². The Balaban J connectivity index is 1.53. The van der Waals surface area contributed by atoms with Gasteiger partial charge in [0.2, 0.25) is 0 Å². The molecule has 156 valence electrons. The van der Waals surface area contributed by atoms with E-state index in [9.17, 15) is 18.0 Å². The fourth-order valence-corrected chi connectivity index (χ4v) is 4.44. The number of fused-ring (bicyclic) bond motifs is 1. The topological polar surface area (TPSA) is 67.8 Å². The monoisotopic (exact) mass is 440 g/mol. The summed E-state index contributed by atoms with van der Waals surface area (Å²) in [7, 11) is 0. The molecule has 0 atom stereocenters. The van der Waals surface area contributed by atoms with E-state index in [4.69, 9.17) is 0 Å². The second-order valence-electron chi connectivity index (χ2n) is 7.34. The van der Waals surface area contributed by atoms with E-state index in [1.807, 2.05) is 24.3 Å². The quantitative estimate of drug-likeness (QED) is 0.429. The summed E-state index contributed by atoms with van der Waals surface area (Å²) in [6.07, 6.45) is 1.84. The average molecular weight is 440 g/mol. The largest absolute Gasteiger partial charge is 0.433 e. The molecule has 1 N–H and O–H groups in total. The van der Waals surface area contributed by atoms with Crippen LogP contribution in [0, 0.1) is 0 Å². The fraction of sp³-hybridized carbons (Fsp3) is 0.182. The van der Waals surface area contributed by atoms with Gasteiger partial charge in [-0.15, -0.1) is 0 Å². The molecule has 0 radical (unpaired) electrons. The van der Waals surface area contributed by atoms with Crippen molar-refractivity contribution in [2.75, 3.05) is 5.32 Å². The van der Waals surface area contributed by atoms with Crippen molar-refractivity contribution in [3.05, 3.63) is 71.1 Å². The van der Waals surface area contributed by atoms with Crippen LogP contribution in [0.3, 0.4) is 0 Å². The molecule has 1 saturated carbocycles. The van der Waals surface area contributed by atoms with Crippen LogP contribution in [0.15, 0.2) is 55.0 Å². The van der Waals surface area contributed by atoms with Gasteiger partial charge >= 0.3 is 6.18 Å². The van der Waals surface area contributed by atoms with Gasteiger partial charge in [-0.2, -0.15) is 17.5 Å². The maximum Gasteiger partial charge on any atom is 0.433 e. The number of carbonyl (C=O) groups excluding carboxylic acids is 1. The molecule has 3 aromatic heterocycles. The van der Waals surface area contributed by atoms with Crippen molar-refractivity contribution >= 4 is 33.9 Å². The Hall–Kier alpha value is -3.33. The lowest BCUT2D eigenvalue weighted by molar-refractivity contribution is -0.141. The number of amides is 1. The number of anilines is 1. The number of hydrogen-bond donors (Lipinski definition) is 1. The van der Waals surface area contributed by atoms with Crippen LogP contribution >= 0.6 is 11.5 Å². The van der Waals surface area contributed by atoms with Gasteiger partial charge in [-0.25, -0.2) is 0 Å². The van der Waals surface area contributed by atoms with Gasteiger partial charge in [0, 0.05) is 40.8 Å². The molecule has 0 bridgehead atoms. The van der Waals surface area contributed by atoms with Gasteiger partial charge in [-0.05, 0) is 47.8 Å². The van der Waals surface area contributed by atoms with Crippen molar-refractivity contribution in [1.29, 1.82) is 0 Å². The van der Waals surface area contributed by atoms with Crippen LogP contribution in [-0.2, 0) is 6.18 Å². The molecule has 9 heteroatoms. The summed E-state index contributed by atoms with van der Waals surface area (Å²) >= 11 is 1.06. The highest BCUT2D eigenvalue weighted by molar-refractivity contribution is 7.08. The third-order valence-electron chi connectivity index (χ3n) is 5.15. The Morgan fingerprint density at radius 2 is 1.94 bits per heavy atom. The van der Waals surface area contributed by atoms with Crippen LogP contribution in [0.5, 0.6) is 0 Å². The zero-order chi connectivity index (χ0) is 21.6. The van der Waals surface area contributed by atoms with Gasteiger partial charge in [0.1, 0.15) is 10.6 Å². The summed E-state index contributed by atoms with van der Waals surface area (Å²) in [6, 6.07) is 9.97. The van der Waals surface area contributed by atoms with Gasteiger partial charge in [-0.1, -0.05) is 24.3 Å². The first-order valence-electron chi connectivity index (χ1n) is 9.59. The SMILES string of the molecule is O=C(Nc1ccnc(C(F)(F)F)c1)c1snc(-c2cncc3ccccc23)c1C1CC1. The molecule has 0 spiro atoms. The minimum Gasteiger partial charge on any atom is -0.321 e. The first-order valence-corrected chi connectivity index (χ1v) is 10.4. The minimum atomic E-state index is -4.58. The third-order valence-corrected chi connectivity index (χ3v) is 6.01. The Bertz CT molecular complexity index is 1290. The Kier molecular flexibility index (Phi) is 4.70. The van der Waals surface area contributed by atoms with Crippen LogP contribution in [0.25, 0.3) is 22.0 Å². The molecule has 0 aliphatic heterocycles. The molecule has 0 saturated heterocycles. The number of carbonyl (C=O) groups is 1. The van der Waals surface area contributed by atoms with Crippen molar-refractivity contribution in [3.8, 4) is 11.3 Å². The number of hydrogen-bond acceptors (Lipinski definition) is 5. The maximum absolute atomic E-state index is 13.0. The van der Waals surface area contributed by atoms with Gasteiger partial charge in [0.25, 0.3) is 5.91 Å². The lowest BCUT2D eigenvalue weighted by Gasteiger charge is -2.10. The molecule has 1 aliphatic carbocycles. The van der Waals surface area contributed by atoms with E-state index in [-0.39, 0.29) is 11.6 Å². The predicted molar refractivity (Wildman–Crippen MR) is 112 cm³/mol. The van der Waals surface area contributed by atoms with Crippen molar-refractivity contribution in [2.45, 2.75) is 24.9 Å². The summed E-state index contributed by atoms with van der Waals surface area (Å²) in [6.45, 7) is 0. The Morgan fingerprint density at radius 1 is 1.13 bits per heavy atom. The third kappa shape index (κ3) is 3.76. The molecule has 1 aromatic carbocycles. The van der Waals surface area contributed by atoms with E-state index in [0.717, 1.165) is 58.5 Å². The number of pyridine rings is 2. The fourth-order valence-electron chi connectivity index (χ4n) is 3.56. The number of halogens is 3. The second kappa shape index (κ2) is 7.42. The van der Waals surface area contributed by atoms with E-state index in [1.54, 1.807) is 12.4 Å². The van der Waals surface area contributed by atoms with E-state index in [0.29, 0.717) is 10.6 Å². The van der Waals surface area contributed by atoms with Gasteiger partial charge in [0.05, 0.1) is 5.69 Å². The molecule has 1 amide bonds. The second-order valence-corrected chi connectivity index (χ2v) is 8.11. The molecule has 5 nitrogen and oxygen atoms in total. The number of benzene rings is 1. The number of rotatable bonds is 4. The first kappa shape index (κ1) is 19.6. The van der Waals surface area contributed by atoms with Gasteiger partial charge < -0.3 is 5.32 Å². The first-order chi connectivity index (χ1) is 14.9. The molecule has 3 heterocycles. The molecule has 1 fully saturated rings. The molecule has 4 aromatic rings. The maximum atomic E-state index is 13.0. The summed E-state index contributed by atoms with van der Waals surface area (Å²) in [5.41, 5.74) is 1.38. The van der Waals surface area contributed by atoms with Crippen LogP contribution in [0.4, 0.5) is 18.9 Å². The van der Waals surface area contributed by atoms with Crippen molar-refractivity contribution < 1.29 is 18.0 Å². The van der Waals surface area contributed by atoms with Crippen molar-refractivity contribution in [2.24, 2.45) is 0 Å². The molecule has 0 unspecified atom stereocenters. The van der Waals surface area contributed by atoms with Crippen LogP contribution < -0.4 is 5.32 Å². The summed E-state index contributed by atoms with van der Waals surface area (Å²) in [4.78, 5) is 21.0. The van der Waals surface area contributed by atoms with E-state index in [1.165, 1.54) is 6.07 Å². The van der Waals surface area contributed by atoms with Crippen molar-refractivity contribution in [3.63, 3.8) is 0 Å². The Morgan fingerprint density at radius 3 is 2.71 bits per heavy atom. The number of nitrogens with zero attached hydrogens (tertiary/aromatic N) is 3. The number of alkyl halides is 3. The molecule has 5 rings (SSSR count). The van der Waals surface area contributed by atoms with E-state index < -0.39 is 17.8 Å². The minimum absolute atomic E-state index is 0.0378. The highest BCUT2D eigenvalue weighted by Crippen LogP contribution is 2.48. The lowest BCUT2D eigenvalue weighted by Crippen LogP contribution is -2.14. The zero-order valence-corrected chi connectivity index (χ0v) is 16.8. The van der Waals surface area contributed by atoms with Crippen LogP contribution in [-0.4, -0.2) is 20.2 Å². The highest BCUT2D eigenvalue weighted by atomic mass is 32.1. The molecule has 1 aliphatic rings. The van der Waals surface area contributed by atoms with E-state index in [2.05, 4.69) is 19.7 Å². The van der Waals surface area contributed by atoms with E-state index >= 15 is 0 Å². The zero-order valence-electron chi connectivity index (χ0n) is 16.0. The normalized spacial score (nSPS) is 14.0. The predicted octanol–water partition coefficient (Wildman–Crippen LogP) is 5.90. The number of nitrogens with one attached hydrogen (secondary N) is 1.